The lowest BCUT2D eigenvalue weighted by Crippen LogP contribution is -2.77. The van der Waals surface area contributed by atoms with Crippen molar-refractivity contribution in [2.75, 3.05) is 34.0 Å². The van der Waals surface area contributed by atoms with Crippen LogP contribution in [-0.2, 0) is 37.9 Å². The zero-order chi connectivity index (χ0) is 46.1. The van der Waals surface area contributed by atoms with Gasteiger partial charge >= 0.3 is 0 Å². The molecule has 4 aliphatic carbocycles. The second-order valence-corrected chi connectivity index (χ2v) is 20.8. The summed E-state index contributed by atoms with van der Waals surface area (Å²) < 4.78 is 46.0. The van der Waals surface area contributed by atoms with Gasteiger partial charge in [-0.25, -0.2) is 0 Å². The van der Waals surface area contributed by atoms with Gasteiger partial charge < -0.3 is 94.1 Å². The van der Waals surface area contributed by atoms with Crippen LogP contribution in [0.25, 0.3) is 0 Å². The largest absolute Gasteiger partial charge is 0.393 e. The highest BCUT2D eigenvalue weighted by atomic mass is 16.7. The molecule has 7 fully saturated rings. The number of ether oxygens (including phenoxy) is 8. The fraction of sp³-hybridized carbons (Fsp3) is 1.00. The van der Waals surface area contributed by atoms with Crippen LogP contribution in [-0.4, -0.2) is 206 Å². The Labute approximate surface area is 369 Å². The van der Waals surface area contributed by atoms with Gasteiger partial charge in [0.15, 0.2) is 18.9 Å². The van der Waals surface area contributed by atoms with Crippen LogP contribution in [0.15, 0.2) is 0 Å². The molecule has 0 aromatic rings. The molecule has 7 rings (SSSR count). The van der Waals surface area contributed by atoms with E-state index in [0.717, 1.165) is 0 Å². The second kappa shape index (κ2) is 19.3. The van der Waals surface area contributed by atoms with Crippen molar-refractivity contribution in [2.24, 2.45) is 46.3 Å². The van der Waals surface area contributed by atoms with E-state index in [-0.39, 0.29) is 37.6 Å². The molecule has 0 spiro atoms. The lowest BCUT2D eigenvalue weighted by molar-refractivity contribution is -0.339. The third kappa shape index (κ3) is 8.69. The number of aliphatic hydroxyl groups is 11. The summed E-state index contributed by atoms with van der Waals surface area (Å²) in [4.78, 5) is 0. The highest BCUT2D eigenvalue weighted by Gasteiger charge is 2.75. The number of hydrogen-bond donors (Lipinski definition) is 11. The summed E-state index contributed by atoms with van der Waals surface area (Å²) in [6.07, 6.45) is -17.2. The predicted octanol–water partition coefficient (Wildman–Crippen LogP) is -1.86. The summed E-state index contributed by atoms with van der Waals surface area (Å²) in [7, 11) is 2.70. The molecule has 7 aliphatic rings. The number of rotatable bonds is 14. The van der Waals surface area contributed by atoms with Gasteiger partial charge in [-0.05, 0) is 79.4 Å². The zero-order valence-electron chi connectivity index (χ0n) is 37.6. The third-order valence-electron chi connectivity index (χ3n) is 17.0. The van der Waals surface area contributed by atoms with Crippen LogP contribution < -0.4 is 0 Å². The molecule has 19 nitrogen and oxygen atoms in total. The van der Waals surface area contributed by atoms with E-state index in [9.17, 15) is 56.2 Å². The van der Waals surface area contributed by atoms with Crippen LogP contribution in [0.1, 0.15) is 79.6 Å². The number of methoxy groups -OCH3 is 2. The molecule has 11 N–H and O–H groups in total. The van der Waals surface area contributed by atoms with E-state index in [1.54, 1.807) is 0 Å². The fourth-order valence-electron chi connectivity index (χ4n) is 13.6. The van der Waals surface area contributed by atoms with Gasteiger partial charge in [0.1, 0.15) is 66.6 Å². The molecule has 4 saturated carbocycles. The Hall–Kier alpha value is -0.760. The molecular formula is C44H76O19. The average Bonchev–Trinajstić information content (AvgIpc) is 3.67. The predicted molar refractivity (Wildman–Crippen MR) is 217 cm³/mol. The monoisotopic (exact) mass is 908 g/mol. The lowest BCUT2D eigenvalue weighted by atomic mass is 9.40. The molecule has 63 heavy (non-hydrogen) atoms. The summed E-state index contributed by atoms with van der Waals surface area (Å²) >= 11 is 0. The van der Waals surface area contributed by atoms with Crippen molar-refractivity contribution in [2.45, 2.75) is 196 Å². The fourth-order valence-corrected chi connectivity index (χ4v) is 13.6. The highest BCUT2D eigenvalue weighted by Crippen LogP contribution is 2.70. The summed E-state index contributed by atoms with van der Waals surface area (Å²) in [5, 5.41) is 123. The topological polar surface area (TPSA) is 296 Å². The van der Waals surface area contributed by atoms with Crippen molar-refractivity contribution in [1.29, 1.82) is 0 Å². The van der Waals surface area contributed by atoms with Gasteiger partial charge in [-0.15, -0.1) is 0 Å². The molecule has 366 valence electrons. The summed E-state index contributed by atoms with van der Waals surface area (Å²) in [5.74, 6) is -2.32. The van der Waals surface area contributed by atoms with Crippen molar-refractivity contribution in [1.82, 2.24) is 0 Å². The molecule has 0 aromatic heterocycles. The Balaban J connectivity index is 0.989. The van der Waals surface area contributed by atoms with Crippen molar-refractivity contribution in [3.63, 3.8) is 0 Å². The molecular weight excluding hydrogens is 832 g/mol. The maximum absolute atomic E-state index is 13.0. The van der Waals surface area contributed by atoms with Crippen LogP contribution in [0.2, 0.25) is 0 Å². The first-order chi connectivity index (χ1) is 29.6. The average molecular weight is 909 g/mol. The molecule has 26 atom stereocenters. The van der Waals surface area contributed by atoms with Gasteiger partial charge in [0.05, 0.1) is 50.3 Å². The Morgan fingerprint density at radius 2 is 1.27 bits per heavy atom. The smallest absolute Gasteiger partial charge is 0.186 e. The van der Waals surface area contributed by atoms with E-state index in [4.69, 9.17) is 37.9 Å². The third-order valence-corrected chi connectivity index (χ3v) is 17.0. The minimum atomic E-state index is -1.87. The van der Waals surface area contributed by atoms with Crippen LogP contribution in [0.5, 0.6) is 0 Å². The molecule has 0 aromatic carbocycles. The number of aliphatic hydroxyl groups excluding tert-OH is 10. The van der Waals surface area contributed by atoms with Gasteiger partial charge in [0.2, 0.25) is 0 Å². The highest BCUT2D eigenvalue weighted by molar-refractivity contribution is 5.24. The van der Waals surface area contributed by atoms with Crippen LogP contribution in [0.4, 0.5) is 0 Å². The molecule has 3 heterocycles. The Bertz CT molecular complexity index is 1510. The summed E-state index contributed by atoms with van der Waals surface area (Å²) in [5.41, 5.74) is -3.35. The molecule has 0 amide bonds. The quantitative estimate of drug-likeness (QED) is 0.0852. The van der Waals surface area contributed by atoms with Crippen LogP contribution >= 0.6 is 0 Å². The van der Waals surface area contributed by atoms with Crippen LogP contribution in [0.3, 0.4) is 0 Å². The minimum Gasteiger partial charge on any atom is -0.393 e. The zero-order valence-corrected chi connectivity index (χ0v) is 37.6. The van der Waals surface area contributed by atoms with E-state index in [1.807, 2.05) is 20.8 Å². The van der Waals surface area contributed by atoms with E-state index in [2.05, 4.69) is 13.8 Å². The van der Waals surface area contributed by atoms with E-state index in [1.165, 1.54) is 14.2 Å². The molecule has 3 aliphatic heterocycles. The second-order valence-electron chi connectivity index (χ2n) is 20.8. The molecule has 19 heteroatoms. The van der Waals surface area contributed by atoms with Gasteiger partial charge in [-0.1, -0.05) is 34.6 Å². The van der Waals surface area contributed by atoms with Crippen LogP contribution in [0, 0.1) is 46.3 Å². The van der Waals surface area contributed by atoms with Gasteiger partial charge in [0, 0.05) is 26.1 Å². The number of hydrogen-bond acceptors (Lipinski definition) is 19. The first-order valence-corrected chi connectivity index (χ1v) is 23.0. The summed E-state index contributed by atoms with van der Waals surface area (Å²) in [6, 6.07) is 0. The van der Waals surface area contributed by atoms with Crippen molar-refractivity contribution in [3.05, 3.63) is 0 Å². The van der Waals surface area contributed by atoms with Gasteiger partial charge in [-0.3, -0.25) is 0 Å². The van der Waals surface area contributed by atoms with Crippen molar-refractivity contribution < 1.29 is 94.1 Å². The number of fused-ring (bicyclic) bond motifs is 5. The van der Waals surface area contributed by atoms with Gasteiger partial charge in [-0.2, -0.15) is 0 Å². The minimum absolute atomic E-state index is 0.0138. The van der Waals surface area contributed by atoms with Crippen molar-refractivity contribution >= 4 is 0 Å². The summed E-state index contributed by atoms with van der Waals surface area (Å²) in [6.45, 7) is 9.50. The molecule has 0 bridgehead atoms. The molecule has 0 radical (unpaired) electrons. The Kier molecular flexibility index (Phi) is 15.4. The molecule has 3 saturated heterocycles. The molecule has 0 unspecified atom stereocenters. The van der Waals surface area contributed by atoms with Crippen molar-refractivity contribution in [3.8, 4) is 0 Å². The maximum atomic E-state index is 13.0. The van der Waals surface area contributed by atoms with Gasteiger partial charge in [0.25, 0.3) is 0 Å². The van der Waals surface area contributed by atoms with E-state index < -0.39 is 145 Å². The standard InChI is InChI=1S/C44H76O19/c1-18(2)24(61-39-34(53)32(51)26(63-39)17-60-40-35(56-6)29(48)22(46)15-58-40)9-8-19(3)20-14-21(45)37-42(20,4)13-11-27-43(5)12-10-25(31(50)28(43)33(52)38(54)44(27,37)55)62-41-36(57-7)30(49)23(47)16-59-41/h18-41,45-55H,8-17H2,1-7H3/t19-,20-,21-,22-,23-,24+,25+,26+,27-,28-,29+,30+,31+,32+,33-,34-,35-,36-,37-,38-,39-,40+,41+,42-,43-,44+/m1/s1. The lowest BCUT2D eigenvalue weighted by Gasteiger charge is -2.68. The SMILES string of the molecule is CO[C@H]1[C@H](OC[C@@H]2O[C@@H](O[C@@H](CC[C@@H](C)[C@H]3C[C@@H](O)[C@@H]4[C@]3(C)CC[C@@H]3[C@@]5(C)CC[C@H](O[C@@H]6OC[C@@H](O)[C@H](O)[C@H]6OC)[C@H](O)[C@@H]5[C@@H](O)[C@@H](O)[C@]34O)C(C)C)[C@H](O)[C@H]2O)OC[C@@H](O)[C@@H]1O. The normalized spacial score (nSPS) is 53.5. The Morgan fingerprint density at radius 1 is 0.667 bits per heavy atom. The first kappa shape index (κ1) is 50.1. The first-order valence-electron chi connectivity index (χ1n) is 23.0. The maximum Gasteiger partial charge on any atom is 0.186 e. The Morgan fingerprint density at radius 3 is 1.89 bits per heavy atom. The van der Waals surface area contributed by atoms with E-state index in [0.29, 0.717) is 44.9 Å². The van der Waals surface area contributed by atoms with E-state index >= 15 is 0 Å².